The summed E-state index contributed by atoms with van der Waals surface area (Å²) in [6.07, 6.45) is 11.3. The Balaban J connectivity index is 1.67. The first-order valence-electron chi connectivity index (χ1n) is 12.7. The van der Waals surface area contributed by atoms with Crippen molar-refractivity contribution < 1.29 is 14.2 Å². The molecule has 0 amide bonds. The molecule has 6 atom stereocenters. The van der Waals surface area contributed by atoms with Gasteiger partial charge in [0, 0.05) is 24.6 Å². The topological polar surface area (TPSA) is 54.2 Å². The molecule has 34 heavy (non-hydrogen) atoms. The number of aliphatic hydroxyl groups is 1. The van der Waals surface area contributed by atoms with Gasteiger partial charge in [-0.15, -0.1) is 0 Å². The molecular formula is C29H35FN2O2. The average Bonchev–Trinajstić information content (AvgIpc) is 2.89. The van der Waals surface area contributed by atoms with Crippen LogP contribution in [-0.2, 0) is 15.8 Å². The summed E-state index contributed by atoms with van der Waals surface area (Å²) in [5.74, 6) is 0.0253. The van der Waals surface area contributed by atoms with Crippen molar-refractivity contribution in [1.82, 2.24) is 0 Å². The second-order valence-corrected chi connectivity index (χ2v) is 10.3. The number of halogens is 1. The maximum Gasteiger partial charge on any atom is 0.123 e. The molecule has 4 nitrogen and oxygen atoms in total. The Morgan fingerprint density at radius 2 is 1.79 bits per heavy atom. The normalized spacial score (nSPS) is 35.9. The van der Waals surface area contributed by atoms with Gasteiger partial charge in [-0.05, 0) is 61.3 Å². The van der Waals surface area contributed by atoms with Gasteiger partial charge in [0.25, 0.3) is 0 Å². The third kappa shape index (κ3) is 3.93. The van der Waals surface area contributed by atoms with Crippen LogP contribution in [0, 0.1) is 17.7 Å². The summed E-state index contributed by atoms with van der Waals surface area (Å²) in [7, 11) is 1.76. The SMILES string of the molecule is COC1(c2cccc(F)c2)CCCCC1C1N=NC=CC1(c1ccccc1)C1CCCC(O)C1. The van der Waals surface area contributed by atoms with Crippen LogP contribution in [0.25, 0.3) is 0 Å². The van der Waals surface area contributed by atoms with Gasteiger partial charge in [-0.1, -0.05) is 67.8 Å². The maximum atomic E-state index is 14.4. The Labute approximate surface area is 202 Å². The van der Waals surface area contributed by atoms with E-state index in [-0.39, 0.29) is 29.8 Å². The van der Waals surface area contributed by atoms with Crippen molar-refractivity contribution in [2.75, 3.05) is 7.11 Å². The van der Waals surface area contributed by atoms with Gasteiger partial charge in [-0.25, -0.2) is 4.39 Å². The quantitative estimate of drug-likeness (QED) is 0.538. The number of methoxy groups -OCH3 is 1. The molecule has 2 saturated carbocycles. The number of rotatable bonds is 5. The Morgan fingerprint density at radius 1 is 0.971 bits per heavy atom. The molecule has 2 aromatic rings. The molecule has 1 heterocycles. The van der Waals surface area contributed by atoms with Crippen molar-refractivity contribution in [1.29, 1.82) is 0 Å². The summed E-state index contributed by atoms with van der Waals surface area (Å²) in [4.78, 5) is 0. The minimum atomic E-state index is -0.636. The number of ether oxygens (including phenoxy) is 1. The second-order valence-electron chi connectivity index (χ2n) is 10.3. The van der Waals surface area contributed by atoms with E-state index in [4.69, 9.17) is 9.85 Å². The van der Waals surface area contributed by atoms with Gasteiger partial charge in [-0.2, -0.15) is 10.2 Å². The van der Waals surface area contributed by atoms with E-state index in [1.807, 2.05) is 18.3 Å². The van der Waals surface area contributed by atoms with Gasteiger partial charge in [0.15, 0.2) is 0 Å². The molecule has 0 bridgehead atoms. The molecule has 1 aliphatic heterocycles. The van der Waals surface area contributed by atoms with E-state index in [0.717, 1.165) is 56.9 Å². The molecule has 1 N–H and O–H groups in total. The lowest BCUT2D eigenvalue weighted by molar-refractivity contribution is -0.108. The minimum Gasteiger partial charge on any atom is -0.393 e. The summed E-state index contributed by atoms with van der Waals surface area (Å²) in [5.41, 5.74) is 1.06. The maximum absolute atomic E-state index is 14.4. The van der Waals surface area contributed by atoms with Gasteiger partial charge >= 0.3 is 0 Å². The number of azo groups is 1. The fraction of sp³-hybridized carbons (Fsp3) is 0.517. The molecule has 3 aliphatic rings. The molecule has 0 spiro atoms. The van der Waals surface area contributed by atoms with Crippen molar-refractivity contribution in [2.24, 2.45) is 22.1 Å². The fourth-order valence-corrected chi connectivity index (χ4v) is 7.14. The van der Waals surface area contributed by atoms with Crippen LogP contribution in [0.4, 0.5) is 4.39 Å². The molecule has 180 valence electrons. The van der Waals surface area contributed by atoms with E-state index < -0.39 is 11.0 Å². The summed E-state index contributed by atoms with van der Waals surface area (Å²) in [6, 6.07) is 17.3. The standard InChI is InChI=1S/C29H35FN2O2/c1-34-29(23-12-7-13-24(30)19-23)16-6-5-15-26(29)27-28(17-18-31-32-27,21-9-3-2-4-10-21)22-11-8-14-25(33)20-22/h2-4,7,9-10,12-13,17-19,22,25-27,33H,5-6,8,11,14-16,20H2,1H3. The van der Waals surface area contributed by atoms with E-state index in [2.05, 4.69) is 35.5 Å². The minimum absolute atomic E-state index is 0.0287. The molecule has 0 aromatic heterocycles. The highest BCUT2D eigenvalue weighted by atomic mass is 19.1. The zero-order chi connectivity index (χ0) is 23.6. The number of aliphatic hydroxyl groups excluding tert-OH is 1. The van der Waals surface area contributed by atoms with E-state index in [0.29, 0.717) is 0 Å². The zero-order valence-corrected chi connectivity index (χ0v) is 19.9. The van der Waals surface area contributed by atoms with Crippen molar-refractivity contribution in [3.63, 3.8) is 0 Å². The molecule has 2 fully saturated rings. The third-order valence-corrected chi connectivity index (χ3v) is 8.66. The van der Waals surface area contributed by atoms with Crippen LogP contribution in [0.15, 0.2) is 77.1 Å². The lowest BCUT2D eigenvalue weighted by atomic mass is 9.54. The number of hydrogen-bond donors (Lipinski definition) is 1. The largest absolute Gasteiger partial charge is 0.393 e. The molecular weight excluding hydrogens is 427 g/mol. The molecule has 2 aromatic carbocycles. The van der Waals surface area contributed by atoms with Crippen LogP contribution in [-0.4, -0.2) is 24.4 Å². The van der Waals surface area contributed by atoms with Crippen LogP contribution in [0.2, 0.25) is 0 Å². The van der Waals surface area contributed by atoms with E-state index >= 15 is 0 Å². The molecule has 2 aliphatic carbocycles. The van der Waals surface area contributed by atoms with Gasteiger partial charge in [0.2, 0.25) is 0 Å². The smallest absolute Gasteiger partial charge is 0.123 e. The van der Waals surface area contributed by atoms with Crippen molar-refractivity contribution in [3.8, 4) is 0 Å². The van der Waals surface area contributed by atoms with Gasteiger partial charge in [0.05, 0.1) is 17.7 Å². The number of nitrogens with zero attached hydrogens (tertiary/aromatic N) is 2. The highest BCUT2D eigenvalue weighted by molar-refractivity contribution is 5.39. The zero-order valence-electron chi connectivity index (χ0n) is 19.9. The van der Waals surface area contributed by atoms with Crippen LogP contribution in [0.5, 0.6) is 0 Å². The third-order valence-electron chi connectivity index (χ3n) is 8.66. The lowest BCUT2D eigenvalue weighted by Crippen LogP contribution is -2.56. The monoisotopic (exact) mass is 462 g/mol. The predicted molar refractivity (Wildman–Crippen MR) is 131 cm³/mol. The van der Waals surface area contributed by atoms with Crippen molar-refractivity contribution >= 4 is 0 Å². The number of hydrogen-bond acceptors (Lipinski definition) is 4. The summed E-state index contributed by atoms with van der Waals surface area (Å²) in [5, 5.41) is 20.1. The molecule has 5 rings (SSSR count). The summed E-state index contributed by atoms with van der Waals surface area (Å²) in [6.45, 7) is 0. The molecule has 6 unspecified atom stereocenters. The van der Waals surface area contributed by atoms with E-state index in [1.54, 1.807) is 19.2 Å². The lowest BCUT2D eigenvalue weighted by Gasteiger charge is -2.54. The second kappa shape index (κ2) is 9.71. The first-order valence-corrected chi connectivity index (χ1v) is 12.7. The first-order chi connectivity index (χ1) is 16.6. The van der Waals surface area contributed by atoms with E-state index in [1.165, 1.54) is 11.6 Å². The van der Waals surface area contributed by atoms with E-state index in [9.17, 15) is 9.50 Å². The van der Waals surface area contributed by atoms with Crippen LogP contribution >= 0.6 is 0 Å². The highest BCUT2D eigenvalue weighted by Crippen LogP contribution is 2.56. The first kappa shape index (κ1) is 23.4. The average molecular weight is 463 g/mol. The summed E-state index contributed by atoms with van der Waals surface area (Å²) < 4.78 is 20.8. The summed E-state index contributed by atoms with van der Waals surface area (Å²) >= 11 is 0. The van der Waals surface area contributed by atoms with Crippen molar-refractivity contribution in [3.05, 3.63) is 83.8 Å². The van der Waals surface area contributed by atoms with Crippen LogP contribution in [0.1, 0.15) is 62.5 Å². The van der Waals surface area contributed by atoms with Crippen molar-refractivity contribution in [2.45, 2.75) is 74.5 Å². The predicted octanol–water partition coefficient (Wildman–Crippen LogP) is 6.69. The Kier molecular flexibility index (Phi) is 6.67. The van der Waals surface area contributed by atoms with Crippen LogP contribution in [0.3, 0.4) is 0 Å². The fourth-order valence-electron chi connectivity index (χ4n) is 7.14. The molecule has 0 radical (unpaired) electrons. The highest BCUT2D eigenvalue weighted by Gasteiger charge is 2.56. The Hall–Kier alpha value is -2.37. The Bertz CT molecular complexity index is 1040. The number of benzene rings is 2. The molecule has 0 saturated heterocycles. The van der Waals surface area contributed by atoms with Gasteiger partial charge < -0.3 is 9.84 Å². The van der Waals surface area contributed by atoms with Gasteiger partial charge in [-0.3, -0.25) is 0 Å². The van der Waals surface area contributed by atoms with Crippen LogP contribution < -0.4 is 0 Å². The Morgan fingerprint density at radius 3 is 2.56 bits per heavy atom. The molecule has 5 heteroatoms. The van der Waals surface area contributed by atoms with Gasteiger partial charge in [0.1, 0.15) is 5.82 Å².